The summed E-state index contributed by atoms with van der Waals surface area (Å²) >= 11 is 5.97. The molecule has 0 atom stereocenters. The van der Waals surface area contributed by atoms with Crippen LogP contribution in [0.1, 0.15) is 27.2 Å². The number of rotatable bonds is 6. The molecule has 1 amide bonds. The topological polar surface area (TPSA) is 103 Å². The number of hydrogen-bond donors (Lipinski definition) is 1. The summed E-state index contributed by atoms with van der Waals surface area (Å²) in [6, 6.07) is 16.2. The molecule has 0 aliphatic heterocycles. The number of aryl methyl sites for hydroxylation is 1. The summed E-state index contributed by atoms with van der Waals surface area (Å²) in [5.41, 5.74) is 3.30. The summed E-state index contributed by atoms with van der Waals surface area (Å²) in [5.74, 6) is -0.0298. The second-order valence-electron chi connectivity index (χ2n) is 8.08. The number of amides is 1. The number of nitrogens with zero attached hydrogens (tertiary/aromatic N) is 2. The van der Waals surface area contributed by atoms with Crippen molar-refractivity contribution in [3.05, 3.63) is 98.2 Å². The number of nitro groups is 1. The van der Waals surface area contributed by atoms with Gasteiger partial charge in [0.2, 0.25) is 5.91 Å². The number of carbonyl (C=O) groups is 2. The first-order chi connectivity index (χ1) is 16.7. The molecular weight excluding hydrogens is 470 g/mol. The maximum absolute atomic E-state index is 13.4. The second kappa shape index (κ2) is 9.60. The number of nitro benzene ring substituents is 1. The van der Waals surface area contributed by atoms with Gasteiger partial charge in [-0.05, 0) is 67.4 Å². The highest BCUT2D eigenvalue weighted by atomic mass is 35.5. The standard InChI is InChI=1S/C26H22ClN3O5/c1-15-4-9-19(30(33)34)12-23(15)28-25(31)14-21-16(2)29(24-11-10-20(35-3)13-22(21)24)26(32)17-5-7-18(27)8-6-17/h4-13H,14H2,1-3H3,(H,28,31). The Morgan fingerprint density at radius 3 is 2.43 bits per heavy atom. The quantitative estimate of drug-likeness (QED) is 0.275. The number of fused-ring (bicyclic) bond motifs is 1. The highest BCUT2D eigenvalue weighted by Crippen LogP contribution is 2.31. The lowest BCUT2D eigenvalue weighted by atomic mass is 10.1. The molecule has 0 aliphatic rings. The molecule has 9 heteroatoms. The predicted octanol–water partition coefficient (Wildman–Crippen LogP) is 5.70. The average molecular weight is 492 g/mol. The van der Waals surface area contributed by atoms with Gasteiger partial charge in [-0.3, -0.25) is 24.3 Å². The van der Waals surface area contributed by atoms with Crippen LogP contribution in [0, 0.1) is 24.0 Å². The second-order valence-corrected chi connectivity index (χ2v) is 8.51. The Kier molecular flexibility index (Phi) is 6.57. The number of halogens is 1. The van der Waals surface area contributed by atoms with E-state index < -0.39 is 4.92 Å². The number of nitrogens with one attached hydrogen (secondary N) is 1. The highest BCUT2D eigenvalue weighted by Gasteiger charge is 2.22. The fraction of sp³-hybridized carbons (Fsp3) is 0.154. The number of methoxy groups -OCH3 is 1. The molecule has 0 radical (unpaired) electrons. The average Bonchev–Trinajstić information content (AvgIpc) is 3.10. The van der Waals surface area contributed by atoms with Gasteiger partial charge in [-0.25, -0.2) is 0 Å². The van der Waals surface area contributed by atoms with Gasteiger partial charge in [0.05, 0.1) is 29.7 Å². The van der Waals surface area contributed by atoms with Crippen LogP contribution in [0.25, 0.3) is 10.9 Å². The van der Waals surface area contributed by atoms with E-state index in [1.54, 1.807) is 74.1 Å². The molecule has 1 heterocycles. The molecule has 1 aromatic heterocycles. The molecule has 0 spiro atoms. The third kappa shape index (κ3) is 4.74. The normalized spacial score (nSPS) is 10.9. The molecule has 178 valence electrons. The largest absolute Gasteiger partial charge is 0.497 e. The van der Waals surface area contributed by atoms with Gasteiger partial charge in [-0.2, -0.15) is 0 Å². The minimum atomic E-state index is -0.512. The van der Waals surface area contributed by atoms with Crippen LogP contribution in [0.15, 0.2) is 60.7 Å². The Labute approximate surface area is 206 Å². The molecule has 3 aromatic carbocycles. The molecule has 8 nitrogen and oxygen atoms in total. The monoisotopic (exact) mass is 491 g/mol. The Morgan fingerprint density at radius 2 is 1.77 bits per heavy atom. The van der Waals surface area contributed by atoms with Crippen molar-refractivity contribution in [3.63, 3.8) is 0 Å². The van der Waals surface area contributed by atoms with Crippen molar-refractivity contribution < 1.29 is 19.2 Å². The van der Waals surface area contributed by atoms with Crippen molar-refractivity contribution in [1.29, 1.82) is 0 Å². The SMILES string of the molecule is COc1ccc2c(c1)c(CC(=O)Nc1cc([N+](=O)[O-])ccc1C)c(C)n2C(=O)c1ccc(Cl)cc1. The van der Waals surface area contributed by atoms with E-state index in [2.05, 4.69) is 5.32 Å². The van der Waals surface area contributed by atoms with Gasteiger partial charge in [0, 0.05) is 33.8 Å². The van der Waals surface area contributed by atoms with Gasteiger partial charge in [0.25, 0.3) is 11.6 Å². The third-order valence-corrected chi connectivity index (χ3v) is 6.13. The Bertz CT molecular complexity index is 1470. The van der Waals surface area contributed by atoms with Gasteiger partial charge in [-0.15, -0.1) is 0 Å². The maximum Gasteiger partial charge on any atom is 0.271 e. The van der Waals surface area contributed by atoms with Crippen LogP contribution in [0.5, 0.6) is 5.75 Å². The van der Waals surface area contributed by atoms with E-state index in [4.69, 9.17) is 16.3 Å². The molecule has 0 fully saturated rings. The van der Waals surface area contributed by atoms with Crippen LogP contribution < -0.4 is 10.1 Å². The summed E-state index contributed by atoms with van der Waals surface area (Å²) in [5, 5.41) is 15.1. The number of non-ortho nitro benzene ring substituents is 1. The molecule has 4 rings (SSSR count). The van der Waals surface area contributed by atoms with E-state index in [0.717, 1.165) is 0 Å². The predicted molar refractivity (Wildman–Crippen MR) is 135 cm³/mol. The molecule has 0 bridgehead atoms. The van der Waals surface area contributed by atoms with Crippen molar-refractivity contribution in [2.45, 2.75) is 20.3 Å². The zero-order chi connectivity index (χ0) is 25.3. The summed E-state index contributed by atoms with van der Waals surface area (Å²) < 4.78 is 6.93. The lowest BCUT2D eigenvalue weighted by molar-refractivity contribution is -0.384. The Balaban J connectivity index is 1.74. The van der Waals surface area contributed by atoms with Crippen molar-refractivity contribution in [1.82, 2.24) is 4.57 Å². The van der Waals surface area contributed by atoms with E-state index in [-0.39, 0.29) is 23.9 Å². The Morgan fingerprint density at radius 1 is 1.06 bits per heavy atom. The van der Waals surface area contributed by atoms with Crippen LogP contribution in [0.2, 0.25) is 5.02 Å². The maximum atomic E-state index is 13.4. The lowest BCUT2D eigenvalue weighted by Crippen LogP contribution is -2.17. The van der Waals surface area contributed by atoms with Crippen LogP contribution in [-0.4, -0.2) is 28.4 Å². The molecule has 1 N–H and O–H groups in total. The van der Waals surface area contributed by atoms with E-state index in [0.29, 0.717) is 49.7 Å². The minimum absolute atomic E-state index is 0.0431. The first kappa shape index (κ1) is 24.0. The highest BCUT2D eigenvalue weighted by molar-refractivity contribution is 6.30. The van der Waals surface area contributed by atoms with Crippen LogP contribution >= 0.6 is 11.6 Å². The molecule has 0 saturated carbocycles. The number of carbonyl (C=O) groups excluding carboxylic acids is 2. The number of benzene rings is 3. The summed E-state index contributed by atoms with van der Waals surface area (Å²) in [6.45, 7) is 3.54. The van der Waals surface area contributed by atoms with Gasteiger partial charge in [0.15, 0.2) is 0 Å². The number of hydrogen-bond acceptors (Lipinski definition) is 5. The van der Waals surface area contributed by atoms with Crippen molar-refractivity contribution >= 4 is 45.7 Å². The van der Waals surface area contributed by atoms with Crippen LogP contribution in [0.3, 0.4) is 0 Å². The summed E-state index contributed by atoms with van der Waals surface area (Å²) in [6.07, 6.45) is -0.0431. The molecule has 0 saturated heterocycles. The first-order valence-electron chi connectivity index (χ1n) is 10.7. The number of aromatic nitrogens is 1. The van der Waals surface area contributed by atoms with E-state index in [1.807, 2.05) is 0 Å². The molecule has 35 heavy (non-hydrogen) atoms. The molecule has 0 aliphatic carbocycles. The fourth-order valence-corrected chi connectivity index (χ4v) is 4.13. The van der Waals surface area contributed by atoms with E-state index >= 15 is 0 Å². The van der Waals surface area contributed by atoms with Crippen molar-refractivity contribution in [2.75, 3.05) is 12.4 Å². The van der Waals surface area contributed by atoms with Crippen LogP contribution in [-0.2, 0) is 11.2 Å². The van der Waals surface area contributed by atoms with Crippen LogP contribution in [0.4, 0.5) is 11.4 Å². The zero-order valence-electron chi connectivity index (χ0n) is 19.3. The van der Waals surface area contributed by atoms with E-state index in [9.17, 15) is 19.7 Å². The van der Waals surface area contributed by atoms with Crippen molar-refractivity contribution in [2.24, 2.45) is 0 Å². The zero-order valence-corrected chi connectivity index (χ0v) is 20.1. The Hall–Kier alpha value is -4.17. The summed E-state index contributed by atoms with van der Waals surface area (Å²) in [7, 11) is 1.54. The van der Waals surface area contributed by atoms with Gasteiger partial charge in [-0.1, -0.05) is 17.7 Å². The number of ether oxygens (including phenoxy) is 1. The van der Waals surface area contributed by atoms with E-state index in [1.165, 1.54) is 12.1 Å². The van der Waals surface area contributed by atoms with Gasteiger partial charge >= 0.3 is 0 Å². The van der Waals surface area contributed by atoms with Gasteiger partial charge in [0.1, 0.15) is 5.75 Å². The molecule has 4 aromatic rings. The van der Waals surface area contributed by atoms with Gasteiger partial charge < -0.3 is 10.1 Å². The first-order valence-corrected chi connectivity index (χ1v) is 11.1. The summed E-state index contributed by atoms with van der Waals surface area (Å²) in [4.78, 5) is 37.1. The molecular formula is C26H22ClN3O5. The lowest BCUT2D eigenvalue weighted by Gasteiger charge is -2.10. The molecule has 0 unspecified atom stereocenters. The van der Waals surface area contributed by atoms with Crippen molar-refractivity contribution in [3.8, 4) is 5.75 Å². The third-order valence-electron chi connectivity index (χ3n) is 5.88. The minimum Gasteiger partial charge on any atom is -0.497 e. The fourth-order valence-electron chi connectivity index (χ4n) is 4.01. The smallest absolute Gasteiger partial charge is 0.271 e. The number of anilines is 1.